The van der Waals surface area contributed by atoms with Crippen LogP contribution >= 0.6 is 0 Å². The van der Waals surface area contributed by atoms with Crippen molar-refractivity contribution in [3.8, 4) is 0 Å². The van der Waals surface area contributed by atoms with E-state index < -0.39 is 39.3 Å². The van der Waals surface area contributed by atoms with Crippen molar-refractivity contribution in [3.63, 3.8) is 0 Å². The van der Waals surface area contributed by atoms with Crippen LogP contribution in [0.2, 0.25) is 0 Å². The highest BCUT2D eigenvalue weighted by Gasteiger charge is 2.40. The number of carbonyl (C=O) groups excluding carboxylic acids is 2. The largest absolute Gasteiger partial charge is 0.490 e. The van der Waals surface area contributed by atoms with Gasteiger partial charge in [-0.25, -0.2) is 13.2 Å². The molecule has 1 atom stereocenters. The van der Waals surface area contributed by atoms with E-state index in [2.05, 4.69) is 9.98 Å². The van der Waals surface area contributed by atoms with E-state index in [0.717, 1.165) is 6.26 Å². The number of alkyl halides is 3. The van der Waals surface area contributed by atoms with Crippen LogP contribution in [0.4, 0.5) is 13.2 Å². The van der Waals surface area contributed by atoms with E-state index in [0.29, 0.717) is 11.3 Å². The molecule has 0 aromatic carbocycles. The van der Waals surface area contributed by atoms with Gasteiger partial charge in [-0.05, 0) is 18.1 Å². The van der Waals surface area contributed by atoms with E-state index in [1.54, 1.807) is 0 Å². The second kappa shape index (κ2) is 8.55. The molecule has 0 radical (unpaired) electrons. The van der Waals surface area contributed by atoms with E-state index in [4.69, 9.17) is 21.4 Å². The van der Waals surface area contributed by atoms with E-state index >= 15 is 0 Å². The summed E-state index contributed by atoms with van der Waals surface area (Å²) in [6.07, 6.45) is -1.26. The van der Waals surface area contributed by atoms with Crippen molar-refractivity contribution in [1.82, 2.24) is 4.98 Å². The molecule has 2 rings (SSSR count). The number of hydrogen-bond donors (Lipinski definition) is 3. The number of sulfone groups is 1. The number of fused-ring (bicyclic) bond motifs is 1. The molecule has 29 heavy (non-hydrogen) atoms. The number of carboxylic acids is 1. The Hall–Kier alpha value is -3.03. The Morgan fingerprint density at radius 2 is 1.83 bits per heavy atom. The third kappa shape index (κ3) is 6.81. The van der Waals surface area contributed by atoms with Gasteiger partial charge in [-0.15, -0.1) is 0 Å². The molecule has 2 heterocycles. The molecule has 1 aliphatic heterocycles. The van der Waals surface area contributed by atoms with E-state index in [9.17, 15) is 31.2 Å². The third-order valence-electron chi connectivity index (χ3n) is 3.79. The number of halogens is 3. The van der Waals surface area contributed by atoms with Crippen LogP contribution in [0.25, 0.3) is 0 Å². The molecule has 0 fully saturated rings. The van der Waals surface area contributed by atoms with Crippen LogP contribution in [0, 0.1) is 0 Å². The maximum absolute atomic E-state index is 11.8. The van der Waals surface area contributed by atoms with Crippen molar-refractivity contribution >= 4 is 33.8 Å². The predicted molar refractivity (Wildman–Crippen MR) is 94.0 cm³/mol. The van der Waals surface area contributed by atoms with Gasteiger partial charge in [0.1, 0.15) is 15.4 Å². The lowest BCUT2D eigenvalue weighted by Crippen LogP contribution is -2.47. The maximum atomic E-state index is 11.8. The first-order valence-electron chi connectivity index (χ1n) is 7.69. The first-order chi connectivity index (χ1) is 13.1. The zero-order valence-electron chi connectivity index (χ0n) is 14.9. The van der Waals surface area contributed by atoms with Crippen molar-refractivity contribution in [2.75, 3.05) is 12.0 Å². The molecule has 1 aromatic rings. The summed E-state index contributed by atoms with van der Waals surface area (Å²) in [6, 6.07) is 1.52. The van der Waals surface area contributed by atoms with Crippen molar-refractivity contribution < 1.29 is 41.1 Å². The lowest BCUT2D eigenvalue weighted by Gasteiger charge is -2.29. The van der Waals surface area contributed by atoms with Crippen LogP contribution in [0.5, 0.6) is 0 Å². The number of aromatic nitrogens is 1. The zero-order chi connectivity index (χ0) is 22.6. The van der Waals surface area contributed by atoms with E-state index in [-0.39, 0.29) is 24.2 Å². The second-order valence-electron chi connectivity index (χ2n) is 6.15. The van der Waals surface area contributed by atoms with Gasteiger partial charge in [-0.2, -0.15) is 13.2 Å². The Morgan fingerprint density at radius 3 is 2.24 bits per heavy atom. The molecule has 1 unspecified atom stereocenters. The smallest absolute Gasteiger partial charge is 0.475 e. The molecule has 1 aromatic heterocycles. The number of nitrogens with zero attached hydrogens (tertiary/aromatic N) is 2. The van der Waals surface area contributed by atoms with Gasteiger partial charge in [0.25, 0.3) is 0 Å². The van der Waals surface area contributed by atoms with Gasteiger partial charge >= 0.3 is 12.1 Å². The first-order valence-corrected chi connectivity index (χ1v) is 9.75. The van der Waals surface area contributed by atoms with Crippen LogP contribution in [-0.4, -0.2) is 66.2 Å². The van der Waals surface area contributed by atoms with Crippen LogP contribution < -0.4 is 11.5 Å². The van der Waals surface area contributed by atoms with E-state index in [1.807, 2.05) is 0 Å². The molecule has 0 aliphatic carbocycles. The molecule has 0 spiro atoms. The molecule has 160 valence electrons. The number of primary amides is 2. The molecule has 10 nitrogen and oxygen atoms in total. The highest BCUT2D eigenvalue weighted by molar-refractivity contribution is 7.90. The predicted octanol–water partition coefficient (Wildman–Crippen LogP) is -0.552. The van der Waals surface area contributed by atoms with Crippen LogP contribution in [-0.2, 0) is 25.8 Å². The van der Waals surface area contributed by atoms with Crippen LogP contribution in [0.15, 0.2) is 17.3 Å². The van der Waals surface area contributed by atoms with Gasteiger partial charge in [0.2, 0.25) is 11.8 Å². The molecule has 0 saturated heterocycles. The number of carboxylic acid groups (broad SMARTS) is 1. The highest BCUT2D eigenvalue weighted by atomic mass is 32.2. The quantitative estimate of drug-likeness (QED) is 0.550. The minimum Gasteiger partial charge on any atom is -0.475 e. The number of aliphatic carboxylic acids is 1. The van der Waals surface area contributed by atoms with Gasteiger partial charge in [-0.1, -0.05) is 0 Å². The number of rotatable bonds is 5. The number of hydrogen-bond acceptors (Lipinski definition) is 7. The van der Waals surface area contributed by atoms with Gasteiger partial charge < -0.3 is 16.6 Å². The molecule has 5 N–H and O–H groups in total. The molecule has 0 bridgehead atoms. The van der Waals surface area contributed by atoms with Gasteiger partial charge in [-0.3, -0.25) is 19.6 Å². The number of pyridine rings is 1. The lowest BCUT2D eigenvalue weighted by atomic mass is 9.85. The molecule has 0 saturated carbocycles. The van der Waals surface area contributed by atoms with Crippen molar-refractivity contribution in [3.05, 3.63) is 29.1 Å². The fourth-order valence-electron chi connectivity index (χ4n) is 2.24. The maximum Gasteiger partial charge on any atom is 0.490 e. The minimum absolute atomic E-state index is 0.0299. The Bertz CT molecular complexity index is 961. The Morgan fingerprint density at radius 1 is 1.28 bits per heavy atom. The standard InChI is InChI=1S/C13H16N4O4S.C2HF3O2/c1-22(20,21)3-2-13(12(15)19)5-8-4-9(11(14)18)6-16-10(8)7-17-13;3-2(4,5)1(6)7/h4,6-7H,2-3,5H2,1H3,(H2,14,18)(H2,15,19);(H,6,7). The fourth-order valence-corrected chi connectivity index (χ4v) is 2.95. The van der Waals surface area contributed by atoms with Crippen LogP contribution in [0.1, 0.15) is 28.0 Å². The summed E-state index contributed by atoms with van der Waals surface area (Å²) in [5, 5.41) is 7.12. The number of aliphatic imine (C=N–C) groups is 1. The zero-order valence-corrected chi connectivity index (χ0v) is 15.7. The van der Waals surface area contributed by atoms with Gasteiger partial charge in [0.15, 0.2) is 0 Å². The minimum atomic E-state index is -5.08. The lowest BCUT2D eigenvalue weighted by molar-refractivity contribution is -0.192. The number of amides is 2. The normalized spacial score (nSPS) is 18.2. The Labute approximate surface area is 162 Å². The first kappa shape index (κ1) is 24.0. The molecular weight excluding hydrogens is 421 g/mol. The summed E-state index contributed by atoms with van der Waals surface area (Å²) < 4.78 is 54.4. The summed E-state index contributed by atoms with van der Waals surface area (Å²) in [5.41, 5.74) is 10.6. The third-order valence-corrected chi connectivity index (χ3v) is 4.74. The average Bonchev–Trinajstić information content (AvgIpc) is 2.58. The number of nitrogens with two attached hydrogens (primary N) is 2. The van der Waals surface area contributed by atoms with Crippen LogP contribution in [0.3, 0.4) is 0 Å². The molecule has 1 aliphatic rings. The topological polar surface area (TPSA) is 183 Å². The monoisotopic (exact) mass is 438 g/mol. The van der Waals surface area contributed by atoms with Crippen molar-refractivity contribution in [2.24, 2.45) is 16.5 Å². The molecule has 14 heteroatoms. The summed E-state index contributed by atoms with van der Waals surface area (Å²) >= 11 is 0. The number of carbonyl (C=O) groups is 3. The van der Waals surface area contributed by atoms with Gasteiger partial charge in [0.05, 0.1) is 17.0 Å². The summed E-state index contributed by atoms with van der Waals surface area (Å²) in [7, 11) is -3.27. The Balaban J connectivity index is 0.000000516. The van der Waals surface area contributed by atoms with Crippen molar-refractivity contribution in [1.29, 1.82) is 0 Å². The summed E-state index contributed by atoms with van der Waals surface area (Å²) in [5.74, 6) is -4.33. The van der Waals surface area contributed by atoms with E-state index in [1.165, 1.54) is 18.5 Å². The van der Waals surface area contributed by atoms with Gasteiger partial charge in [0, 0.05) is 25.1 Å². The second-order valence-corrected chi connectivity index (χ2v) is 8.41. The fraction of sp³-hybridized carbons (Fsp3) is 0.400. The molecule has 2 amide bonds. The molecular formula is C15H17F3N4O6S. The van der Waals surface area contributed by atoms with Crippen molar-refractivity contribution in [2.45, 2.75) is 24.6 Å². The highest BCUT2D eigenvalue weighted by Crippen LogP contribution is 2.28. The Kier molecular flexibility index (Phi) is 7.08. The summed E-state index contributed by atoms with van der Waals surface area (Å²) in [6.45, 7) is 0. The summed E-state index contributed by atoms with van der Waals surface area (Å²) in [4.78, 5) is 40.1. The SMILES string of the molecule is CS(=O)(=O)CCC1(C(N)=O)Cc2cc(C(N)=O)cnc2C=N1.O=C(O)C(F)(F)F. The average molecular weight is 438 g/mol.